The summed E-state index contributed by atoms with van der Waals surface area (Å²) in [4.78, 5) is 61.0. The fraction of sp³-hybridized carbons (Fsp3) is 0.645. The molecule has 1 N–H and O–H groups in total. The topological polar surface area (TPSA) is 207 Å². The summed E-state index contributed by atoms with van der Waals surface area (Å²) in [6.07, 6.45) is -16.4. The lowest BCUT2D eigenvalue weighted by Gasteiger charge is -2.50. The molecular formula is C31H40O17. The monoisotopic (exact) mass is 684 g/mol. The van der Waals surface area contributed by atoms with E-state index in [0.717, 1.165) is 34.6 Å². The Kier molecular flexibility index (Phi) is 12.8. The van der Waals surface area contributed by atoms with Crippen molar-refractivity contribution in [3.05, 3.63) is 35.9 Å². The molecule has 0 bridgehead atoms. The first-order chi connectivity index (χ1) is 22.8. The van der Waals surface area contributed by atoms with Gasteiger partial charge in [0.1, 0.15) is 37.1 Å². The number of hydrogen-bond acceptors (Lipinski definition) is 17. The predicted octanol–water partition coefficient (Wildman–Crippen LogP) is 0.233. The molecule has 4 rings (SSSR count). The molecule has 12 atom stereocenters. The second kappa shape index (κ2) is 16.6. The van der Waals surface area contributed by atoms with Gasteiger partial charge in [0.15, 0.2) is 43.3 Å². The van der Waals surface area contributed by atoms with Gasteiger partial charge in [0, 0.05) is 47.3 Å². The predicted molar refractivity (Wildman–Crippen MR) is 154 cm³/mol. The molecule has 3 heterocycles. The molecule has 0 saturated carbocycles. The van der Waals surface area contributed by atoms with E-state index in [0.29, 0.717) is 5.56 Å². The van der Waals surface area contributed by atoms with Crippen molar-refractivity contribution < 1.29 is 81.2 Å². The highest BCUT2D eigenvalue weighted by Gasteiger charge is 2.58. The Bertz CT molecular complexity index is 1290. The number of rotatable bonds is 11. The van der Waals surface area contributed by atoms with Crippen LogP contribution < -0.4 is 0 Å². The van der Waals surface area contributed by atoms with Gasteiger partial charge >= 0.3 is 29.8 Å². The first-order valence-electron chi connectivity index (χ1n) is 15.1. The van der Waals surface area contributed by atoms with Crippen LogP contribution in [0.3, 0.4) is 0 Å². The Balaban J connectivity index is 1.77. The fourth-order valence-corrected chi connectivity index (χ4v) is 5.67. The summed E-state index contributed by atoms with van der Waals surface area (Å²) in [5, 5.41) is 11.4. The van der Waals surface area contributed by atoms with E-state index in [4.69, 9.17) is 52.1 Å². The minimum atomic E-state index is -1.72. The largest absolute Gasteiger partial charge is 0.462 e. The molecule has 0 spiro atoms. The maximum absolute atomic E-state index is 12.4. The van der Waals surface area contributed by atoms with E-state index in [9.17, 15) is 29.1 Å². The summed E-state index contributed by atoms with van der Waals surface area (Å²) in [6, 6.07) is 8.96. The Hall–Kier alpha value is -3.71. The van der Waals surface area contributed by atoms with Crippen LogP contribution in [-0.4, -0.2) is 123 Å². The van der Waals surface area contributed by atoms with Crippen molar-refractivity contribution in [3.63, 3.8) is 0 Å². The minimum absolute atomic E-state index is 0.000298. The number of aliphatic hydroxyl groups is 1. The highest BCUT2D eigenvalue weighted by Crippen LogP contribution is 2.39. The average Bonchev–Trinajstić information content (AvgIpc) is 3.02. The number of aliphatic hydroxyl groups excluding tert-OH is 1. The van der Waals surface area contributed by atoms with Gasteiger partial charge in [0.25, 0.3) is 0 Å². The Morgan fingerprint density at radius 2 is 1.40 bits per heavy atom. The molecule has 0 amide bonds. The van der Waals surface area contributed by atoms with Crippen molar-refractivity contribution in [2.45, 2.75) is 108 Å². The number of fused-ring (bicyclic) bond motifs is 1. The van der Waals surface area contributed by atoms with Gasteiger partial charge in [-0.05, 0) is 0 Å². The third kappa shape index (κ3) is 9.25. The molecule has 17 nitrogen and oxygen atoms in total. The zero-order chi connectivity index (χ0) is 35.1. The van der Waals surface area contributed by atoms with Crippen LogP contribution >= 0.6 is 0 Å². The van der Waals surface area contributed by atoms with Crippen molar-refractivity contribution in [1.82, 2.24) is 0 Å². The zero-order valence-electron chi connectivity index (χ0n) is 27.2. The summed E-state index contributed by atoms with van der Waals surface area (Å²) in [6.45, 7) is 4.82. The quantitative estimate of drug-likeness (QED) is 0.244. The molecule has 3 saturated heterocycles. The van der Waals surface area contributed by atoms with E-state index in [2.05, 4.69) is 0 Å². The van der Waals surface area contributed by atoms with Gasteiger partial charge in [0.2, 0.25) is 0 Å². The molecule has 1 aromatic carbocycles. The minimum Gasteiger partial charge on any atom is -0.462 e. The molecule has 0 unspecified atom stereocenters. The molecule has 17 heteroatoms. The maximum Gasteiger partial charge on any atom is 0.303 e. The number of ether oxygens (including phenoxy) is 11. The first kappa shape index (κ1) is 37.1. The third-order valence-electron chi connectivity index (χ3n) is 7.47. The Morgan fingerprint density at radius 1 is 0.771 bits per heavy atom. The molecule has 1 aromatic rings. The molecule has 0 aliphatic carbocycles. The van der Waals surface area contributed by atoms with E-state index in [1.165, 1.54) is 7.11 Å². The van der Waals surface area contributed by atoms with Gasteiger partial charge in [-0.25, -0.2) is 0 Å². The molecule has 3 aliphatic rings. The van der Waals surface area contributed by atoms with E-state index in [1.807, 2.05) is 6.07 Å². The zero-order valence-corrected chi connectivity index (χ0v) is 27.2. The third-order valence-corrected chi connectivity index (χ3v) is 7.47. The van der Waals surface area contributed by atoms with Crippen LogP contribution in [0.15, 0.2) is 30.3 Å². The summed E-state index contributed by atoms with van der Waals surface area (Å²) >= 11 is 0. The lowest BCUT2D eigenvalue weighted by molar-refractivity contribution is -0.392. The van der Waals surface area contributed by atoms with Crippen molar-refractivity contribution in [3.8, 4) is 0 Å². The Morgan fingerprint density at radius 3 is 1.98 bits per heavy atom. The van der Waals surface area contributed by atoms with Crippen LogP contribution in [0, 0.1) is 0 Å². The molecule has 48 heavy (non-hydrogen) atoms. The van der Waals surface area contributed by atoms with Crippen molar-refractivity contribution >= 4 is 29.8 Å². The van der Waals surface area contributed by atoms with Crippen LogP contribution in [0.2, 0.25) is 0 Å². The molecular weight excluding hydrogens is 644 g/mol. The number of hydrogen-bond donors (Lipinski definition) is 1. The Labute approximate surface area is 275 Å². The van der Waals surface area contributed by atoms with Crippen LogP contribution in [0.5, 0.6) is 0 Å². The number of esters is 5. The van der Waals surface area contributed by atoms with E-state index < -0.39 is 110 Å². The highest BCUT2D eigenvalue weighted by atomic mass is 16.8. The first-order valence-corrected chi connectivity index (χ1v) is 15.1. The summed E-state index contributed by atoms with van der Waals surface area (Å²) < 4.78 is 63.0. The van der Waals surface area contributed by atoms with Crippen LogP contribution in [0.25, 0.3) is 0 Å². The number of carbonyl (C=O) groups excluding carboxylic acids is 5. The maximum atomic E-state index is 12.4. The number of methoxy groups -OCH3 is 1. The van der Waals surface area contributed by atoms with Gasteiger partial charge in [-0.3, -0.25) is 24.0 Å². The SMILES string of the molecule is CO[C@H]1O[C@@H]2CO[C@@H](c3ccccc3)O[C@H]2[C@H](O[C@H]2O[C@H]([C@@H](COC(C)=O)OC(C)=O)[C@@H](OC(C)=O)[C@H](OC(C)=O)[C@@H]2OC(C)=O)[C@@H]1O. The molecule has 0 aromatic heterocycles. The summed E-state index contributed by atoms with van der Waals surface area (Å²) in [5.74, 6) is -4.16. The molecule has 266 valence electrons. The van der Waals surface area contributed by atoms with Gasteiger partial charge in [-0.2, -0.15) is 0 Å². The van der Waals surface area contributed by atoms with E-state index in [-0.39, 0.29) is 6.61 Å². The highest BCUT2D eigenvalue weighted by molar-refractivity contribution is 5.69. The van der Waals surface area contributed by atoms with Gasteiger partial charge in [-0.15, -0.1) is 0 Å². The average molecular weight is 685 g/mol. The van der Waals surface area contributed by atoms with E-state index >= 15 is 0 Å². The standard InChI is InChI=1S/C31H40O17/c1-14(32)39-12-20(41-15(2)33)24-26(42-16(3)34)27(43-17(4)35)28(44-18(5)36)31(47-24)48-25-22(37)30(38-6)45-21-13-40-29(46-23(21)25)19-10-8-7-9-11-19/h7-11,20-31,37H,12-13H2,1-6H3/t20-,21-,22+,23-,24-,25-,26-,27+,28+,29-,30+,31-/m1/s1. The molecule has 3 fully saturated rings. The van der Waals surface area contributed by atoms with Crippen LogP contribution in [0.4, 0.5) is 0 Å². The van der Waals surface area contributed by atoms with Crippen molar-refractivity contribution in [2.75, 3.05) is 20.3 Å². The van der Waals surface area contributed by atoms with Gasteiger partial charge in [-0.1, -0.05) is 30.3 Å². The van der Waals surface area contributed by atoms with E-state index in [1.54, 1.807) is 24.3 Å². The van der Waals surface area contributed by atoms with Crippen molar-refractivity contribution in [1.29, 1.82) is 0 Å². The van der Waals surface area contributed by atoms with Crippen LogP contribution in [0.1, 0.15) is 46.5 Å². The summed E-state index contributed by atoms with van der Waals surface area (Å²) in [7, 11) is 1.30. The van der Waals surface area contributed by atoms with Gasteiger partial charge in [0.05, 0.1) is 6.61 Å². The lowest BCUT2D eigenvalue weighted by atomic mass is 9.93. The number of carbonyl (C=O) groups is 5. The molecule has 3 aliphatic heterocycles. The van der Waals surface area contributed by atoms with Gasteiger partial charge < -0.3 is 57.2 Å². The second-order valence-electron chi connectivity index (χ2n) is 11.2. The lowest BCUT2D eigenvalue weighted by Crippen LogP contribution is -2.68. The van der Waals surface area contributed by atoms with Crippen molar-refractivity contribution in [2.24, 2.45) is 0 Å². The normalized spacial score (nSPS) is 33.7. The number of benzene rings is 1. The fourth-order valence-electron chi connectivity index (χ4n) is 5.67. The smallest absolute Gasteiger partial charge is 0.303 e. The summed E-state index contributed by atoms with van der Waals surface area (Å²) in [5.41, 5.74) is 0.665. The second-order valence-corrected chi connectivity index (χ2v) is 11.2. The molecule has 0 radical (unpaired) electrons. The van der Waals surface area contributed by atoms with Crippen LogP contribution in [-0.2, 0) is 76.1 Å².